The fourth-order valence-corrected chi connectivity index (χ4v) is 2.87. The summed E-state index contributed by atoms with van der Waals surface area (Å²) in [4.78, 5) is 20.1. The van der Waals surface area contributed by atoms with E-state index < -0.39 is 0 Å². The first-order valence-electron chi connectivity index (χ1n) is 8.74. The first kappa shape index (κ1) is 16.8. The summed E-state index contributed by atoms with van der Waals surface area (Å²) in [6.45, 7) is 4.09. The molecule has 4 rings (SSSR count). The van der Waals surface area contributed by atoms with Crippen molar-refractivity contribution in [1.29, 1.82) is 0 Å². The van der Waals surface area contributed by atoms with Gasteiger partial charge in [-0.2, -0.15) is 0 Å². The molecular weight excluding hydrogens is 334 g/mol. The molecule has 0 radical (unpaired) electrons. The molecule has 0 saturated carbocycles. The van der Waals surface area contributed by atoms with Crippen molar-refractivity contribution >= 4 is 17.5 Å². The van der Waals surface area contributed by atoms with Gasteiger partial charge in [0.15, 0.2) is 0 Å². The van der Waals surface area contributed by atoms with Gasteiger partial charge in [0.25, 0.3) is 0 Å². The van der Waals surface area contributed by atoms with Gasteiger partial charge in [-0.05, 0) is 55.3 Å². The number of aromatic nitrogens is 4. The highest BCUT2D eigenvalue weighted by Crippen LogP contribution is 2.33. The van der Waals surface area contributed by atoms with Crippen LogP contribution in [0.5, 0.6) is 0 Å². The third-order valence-corrected chi connectivity index (χ3v) is 4.28. The summed E-state index contributed by atoms with van der Waals surface area (Å²) < 4.78 is 0. The summed E-state index contributed by atoms with van der Waals surface area (Å²) in [5.41, 5.74) is 4.99. The van der Waals surface area contributed by atoms with E-state index in [1.165, 1.54) is 0 Å². The number of pyridine rings is 2. The maximum Gasteiger partial charge on any atom is 0.236 e. The van der Waals surface area contributed by atoms with Crippen molar-refractivity contribution in [2.75, 3.05) is 4.90 Å². The van der Waals surface area contributed by atoms with Crippen LogP contribution in [0.25, 0.3) is 11.3 Å². The van der Waals surface area contributed by atoms with Crippen molar-refractivity contribution in [3.8, 4) is 11.3 Å². The Hall–Kier alpha value is -3.60. The van der Waals surface area contributed by atoms with Gasteiger partial charge >= 0.3 is 0 Å². The van der Waals surface area contributed by atoms with E-state index in [4.69, 9.17) is 4.98 Å². The molecule has 0 fully saturated rings. The van der Waals surface area contributed by atoms with E-state index in [2.05, 4.69) is 34.0 Å². The Morgan fingerprint density at radius 3 is 2.41 bits per heavy atom. The minimum atomic E-state index is 0.571. The molecule has 0 spiro atoms. The number of aryl methyl sites for hydroxylation is 2. The molecule has 0 aliphatic heterocycles. The van der Waals surface area contributed by atoms with Crippen molar-refractivity contribution in [3.05, 3.63) is 90.5 Å². The molecule has 0 N–H and O–H groups in total. The molecule has 27 heavy (non-hydrogen) atoms. The monoisotopic (exact) mass is 353 g/mol. The van der Waals surface area contributed by atoms with Crippen LogP contribution >= 0.6 is 0 Å². The van der Waals surface area contributed by atoms with Gasteiger partial charge < -0.3 is 0 Å². The molecule has 0 bridgehead atoms. The van der Waals surface area contributed by atoms with Crippen LogP contribution in [-0.4, -0.2) is 19.9 Å². The molecule has 5 nitrogen and oxygen atoms in total. The fraction of sp³-hybridized carbons (Fsp3) is 0.0909. The summed E-state index contributed by atoms with van der Waals surface area (Å²) in [5, 5.41) is 0. The highest BCUT2D eigenvalue weighted by molar-refractivity contribution is 5.73. The Labute approximate surface area is 158 Å². The van der Waals surface area contributed by atoms with Crippen molar-refractivity contribution in [2.45, 2.75) is 13.8 Å². The summed E-state index contributed by atoms with van der Waals surface area (Å²) in [6.07, 6.45) is 7.17. The van der Waals surface area contributed by atoms with Crippen LogP contribution in [0.3, 0.4) is 0 Å². The maximum atomic E-state index is 4.79. The second-order valence-corrected chi connectivity index (χ2v) is 6.30. The second-order valence-electron chi connectivity index (χ2n) is 6.30. The van der Waals surface area contributed by atoms with Gasteiger partial charge in [-0.15, -0.1) is 0 Å². The van der Waals surface area contributed by atoms with Gasteiger partial charge in [0.1, 0.15) is 5.82 Å². The van der Waals surface area contributed by atoms with Crippen molar-refractivity contribution in [1.82, 2.24) is 19.9 Å². The summed E-state index contributed by atoms with van der Waals surface area (Å²) in [7, 11) is 0. The van der Waals surface area contributed by atoms with Gasteiger partial charge in [-0.3, -0.25) is 9.88 Å². The zero-order valence-electron chi connectivity index (χ0n) is 15.2. The van der Waals surface area contributed by atoms with E-state index in [0.29, 0.717) is 5.95 Å². The second kappa shape index (κ2) is 7.33. The van der Waals surface area contributed by atoms with Gasteiger partial charge in [0, 0.05) is 30.4 Å². The number of para-hydroxylation sites is 1. The molecule has 0 aliphatic rings. The van der Waals surface area contributed by atoms with Gasteiger partial charge in [-0.25, -0.2) is 15.0 Å². The minimum Gasteiger partial charge on any atom is -0.264 e. The molecule has 0 aliphatic carbocycles. The highest BCUT2D eigenvalue weighted by atomic mass is 15.3. The molecule has 0 atom stereocenters. The van der Waals surface area contributed by atoms with Gasteiger partial charge in [0.05, 0.1) is 11.4 Å². The smallest absolute Gasteiger partial charge is 0.236 e. The van der Waals surface area contributed by atoms with Crippen LogP contribution in [0, 0.1) is 13.8 Å². The Morgan fingerprint density at radius 1 is 0.778 bits per heavy atom. The summed E-state index contributed by atoms with van der Waals surface area (Å²) in [6, 6.07) is 18.0. The molecule has 3 aromatic heterocycles. The normalized spacial score (nSPS) is 10.6. The van der Waals surface area contributed by atoms with Crippen LogP contribution in [0.2, 0.25) is 0 Å². The fourth-order valence-electron chi connectivity index (χ4n) is 2.87. The third-order valence-electron chi connectivity index (χ3n) is 4.28. The Bertz CT molecular complexity index is 1050. The van der Waals surface area contributed by atoms with Crippen LogP contribution in [-0.2, 0) is 0 Å². The first-order valence-corrected chi connectivity index (χ1v) is 8.74. The number of rotatable bonds is 4. The standard InChI is InChI=1S/C22H19N5/c1-16-9-10-21(25-14-16)27(20-8-4-3-6-17(20)2)22-24-13-11-19(26-22)18-7-5-12-23-15-18/h3-15H,1-2H3. The zero-order chi connectivity index (χ0) is 18.6. The van der Waals surface area contributed by atoms with Crippen LogP contribution in [0.1, 0.15) is 11.1 Å². The average Bonchev–Trinajstić information content (AvgIpc) is 2.72. The lowest BCUT2D eigenvalue weighted by Gasteiger charge is -2.24. The lowest BCUT2D eigenvalue weighted by atomic mass is 10.1. The van der Waals surface area contributed by atoms with Crippen molar-refractivity contribution in [3.63, 3.8) is 0 Å². The Morgan fingerprint density at radius 2 is 1.67 bits per heavy atom. The van der Waals surface area contributed by atoms with E-state index in [1.807, 2.05) is 60.5 Å². The molecule has 132 valence electrons. The zero-order valence-corrected chi connectivity index (χ0v) is 15.2. The summed E-state index contributed by atoms with van der Waals surface area (Å²) >= 11 is 0. The lowest BCUT2D eigenvalue weighted by Crippen LogP contribution is -2.16. The molecule has 5 heteroatoms. The van der Waals surface area contributed by atoms with Gasteiger partial charge in [-0.1, -0.05) is 24.3 Å². The molecule has 0 saturated heterocycles. The van der Waals surface area contributed by atoms with E-state index in [9.17, 15) is 0 Å². The lowest BCUT2D eigenvalue weighted by molar-refractivity contribution is 1.04. The van der Waals surface area contributed by atoms with Crippen LogP contribution < -0.4 is 4.90 Å². The third kappa shape index (κ3) is 3.53. The van der Waals surface area contributed by atoms with E-state index >= 15 is 0 Å². The molecular formula is C22H19N5. The van der Waals surface area contributed by atoms with Crippen LogP contribution in [0.4, 0.5) is 17.5 Å². The van der Waals surface area contributed by atoms with Crippen molar-refractivity contribution < 1.29 is 0 Å². The molecule has 0 unspecified atom stereocenters. The number of anilines is 3. The number of nitrogens with zero attached hydrogens (tertiary/aromatic N) is 5. The van der Waals surface area contributed by atoms with Crippen molar-refractivity contribution in [2.24, 2.45) is 0 Å². The quantitative estimate of drug-likeness (QED) is 0.515. The number of benzene rings is 1. The topological polar surface area (TPSA) is 54.8 Å². The summed E-state index contributed by atoms with van der Waals surface area (Å²) in [5.74, 6) is 1.35. The molecule has 1 aromatic carbocycles. The Kier molecular flexibility index (Phi) is 4.58. The SMILES string of the molecule is Cc1ccc(N(c2nccc(-c3cccnc3)n2)c2ccccc2C)nc1. The van der Waals surface area contributed by atoms with E-state index in [0.717, 1.165) is 33.9 Å². The molecule has 4 aromatic rings. The van der Waals surface area contributed by atoms with E-state index in [1.54, 1.807) is 18.6 Å². The predicted molar refractivity (Wildman–Crippen MR) is 107 cm³/mol. The first-order chi connectivity index (χ1) is 13.2. The van der Waals surface area contributed by atoms with Crippen LogP contribution in [0.15, 0.2) is 79.4 Å². The predicted octanol–water partition coefficient (Wildman–Crippen LogP) is 5.02. The van der Waals surface area contributed by atoms with E-state index in [-0.39, 0.29) is 0 Å². The Balaban J connectivity index is 1.87. The number of hydrogen-bond acceptors (Lipinski definition) is 5. The molecule has 0 amide bonds. The number of hydrogen-bond donors (Lipinski definition) is 0. The van der Waals surface area contributed by atoms with Gasteiger partial charge in [0.2, 0.25) is 5.95 Å². The maximum absolute atomic E-state index is 4.79. The average molecular weight is 353 g/mol. The minimum absolute atomic E-state index is 0.571. The highest BCUT2D eigenvalue weighted by Gasteiger charge is 2.18. The molecule has 3 heterocycles. The largest absolute Gasteiger partial charge is 0.264 e.